The first-order valence-corrected chi connectivity index (χ1v) is 8.81. The highest BCUT2D eigenvalue weighted by molar-refractivity contribution is 6.02. The summed E-state index contributed by atoms with van der Waals surface area (Å²) in [6.45, 7) is 0.894. The molecule has 11 heteroatoms. The maximum atomic E-state index is 12.5. The lowest BCUT2D eigenvalue weighted by Gasteiger charge is -2.18. The summed E-state index contributed by atoms with van der Waals surface area (Å²) >= 11 is 0. The number of H-pyrrole nitrogens is 1. The molecule has 2 heterocycles. The lowest BCUT2D eigenvalue weighted by Crippen LogP contribution is -2.41. The van der Waals surface area contributed by atoms with Crippen LogP contribution in [0, 0.1) is 10.1 Å². The Morgan fingerprint density at radius 3 is 2.60 bits per heavy atom. The number of aromatic nitrogens is 2. The van der Waals surface area contributed by atoms with Gasteiger partial charge in [0.1, 0.15) is 13.2 Å². The van der Waals surface area contributed by atoms with Crippen molar-refractivity contribution in [3.63, 3.8) is 0 Å². The van der Waals surface area contributed by atoms with Crippen LogP contribution in [0.15, 0.2) is 48.7 Å². The fourth-order valence-corrected chi connectivity index (χ4v) is 2.89. The number of non-ortho nitro benzene ring substituents is 1. The summed E-state index contributed by atoms with van der Waals surface area (Å²) in [5.41, 5.74) is 5.57. The van der Waals surface area contributed by atoms with Crippen molar-refractivity contribution in [2.45, 2.75) is 0 Å². The third kappa shape index (κ3) is 3.76. The summed E-state index contributed by atoms with van der Waals surface area (Å²) in [6, 6.07) is 10.4. The fraction of sp³-hybridized carbons (Fsp3) is 0.105. The number of hydrazine groups is 1. The van der Waals surface area contributed by atoms with E-state index in [1.165, 1.54) is 24.4 Å². The largest absolute Gasteiger partial charge is 0.486 e. The van der Waals surface area contributed by atoms with Gasteiger partial charge >= 0.3 is 0 Å². The van der Waals surface area contributed by atoms with Gasteiger partial charge in [0, 0.05) is 23.3 Å². The van der Waals surface area contributed by atoms with Crippen LogP contribution in [0.1, 0.15) is 20.7 Å². The van der Waals surface area contributed by atoms with Crippen LogP contribution < -0.4 is 20.3 Å². The van der Waals surface area contributed by atoms with Gasteiger partial charge in [-0.1, -0.05) is 6.07 Å². The number of hydrogen-bond donors (Lipinski definition) is 3. The van der Waals surface area contributed by atoms with Gasteiger partial charge in [-0.15, -0.1) is 0 Å². The number of hydrogen-bond acceptors (Lipinski definition) is 7. The van der Waals surface area contributed by atoms with Gasteiger partial charge in [0.05, 0.1) is 22.4 Å². The number of nitro groups is 1. The molecule has 2 amide bonds. The number of carbonyl (C=O) groups is 2. The fourth-order valence-electron chi connectivity index (χ4n) is 2.89. The lowest BCUT2D eigenvalue weighted by atomic mass is 10.1. The molecule has 3 aromatic rings. The molecule has 1 aliphatic heterocycles. The highest BCUT2D eigenvalue weighted by Gasteiger charge is 2.19. The van der Waals surface area contributed by atoms with Crippen molar-refractivity contribution in [2.75, 3.05) is 13.2 Å². The first-order chi connectivity index (χ1) is 14.5. The monoisotopic (exact) mass is 409 g/mol. The molecule has 0 radical (unpaired) electrons. The summed E-state index contributed by atoms with van der Waals surface area (Å²) in [5.74, 6) is -0.151. The molecule has 4 rings (SSSR count). The molecule has 0 bridgehead atoms. The maximum absolute atomic E-state index is 12.5. The minimum Gasteiger partial charge on any atom is -0.486 e. The van der Waals surface area contributed by atoms with E-state index >= 15 is 0 Å². The Hall–Kier alpha value is -4.41. The van der Waals surface area contributed by atoms with Crippen molar-refractivity contribution >= 4 is 17.5 Å². The standard InChI is InChI=1S/C19H15N5O6/c25-18(12-2-1-3-13(8-12)24(27)28)22-23-19(26)14-10-20-21-17(14)11-4-5-15-16(9-11)30-7-6-29-15/h1-5,8-10H,6-7H2,(H,20,21)(H,22,25)(H,23,26). The van der Waals surface area contributed by atoms with E-state index < -0.39 is 16.7 Å². The van der Waals surface area contributed by atoms with Crippen molar-refractivity contribution in [3.8, 4) is 22.8 Å². The SMILES string of the molecule is O=C(NNC(=O)c1cn[nH]c1-c1ccc2c(c1)OCCO2)c1cccc([N+](=O)[O-])c1. The summed E-state index contributed by atoms with van der Waals surface area (Å²) in [5, 5.41) is 17.5. The smallest absolute Gasteiger partial charge is 0.273 e. The van der Waals surface area contributed by atoms with Gasteiger partial charge < -0.3 is 9.47 Å². The maximum Gasteiger partial charge on any atom is 0.273 e. The van der Waals surface area contributed by atoms with E-state index in [2.05, 4.69) is 21.0 Å². The number of benzene rings is 2. The summed E-state index contributed by atoms with van der Waals surface area (Å²) < 4.78 is 11.0. The number of fused-ring (bicyclic) bond motifs is 1. The Kier molecular flexibility index (Phi) is 4.99. The number of rotatable bonds is 4. The number of nitrogens with one attached hydrogen (secondary N) is 3. The van der Waals surface area contributed by atoms with E-state index in [9.17, 15) is 19.7 Å². The van der Waals surface area contributed by atoms with Crippen molar-refractivity contribution in [3.05, 3.63) is 69.9 Å². The molecular formula is C19H15N5O6. The van der Waals surface area contributed by atoms with Gasteiger partial charge in [-0.25, -0.2) is 0 Å². The minimum absolute atomic E-state index is 0.0313. The average molecular weight is 409 g/mol. The van der Waals surface area contributed by atoms with Crippen molar-refractivity contribution in [2.24, 2.45) is 0 Å². The minimum atomic E-state index is -0.698. The molecule has 152 valence electrons. The van der Waals surface area contributed by atoms with Crippen molar-refractivity contribution in [1.82, 2.24) is 21.0 Å². The third-order valence-electron chi connectivity index (χ3n) is 4.32. The van der Waals surface area contributed by atoms with Crippen LogP contribution in [-0.2, 0) is 0 Å². The molecule has 0 atom stereocenters. The quantitative estimate of drug-likeness (QED) is 0.440. The van der Waals surface area contributed by atoms with Gasteiger partial charge in [-0.05, 0) is 24.3 Å². The van der Waals surface area contributed by atoms with Gasteiger partial charge in [0.2, 0.25) is 0 Å². The average Bonchev–Trinajstić information content (AvgIpc) is 3.27. The van der Waals surface area contributed by atoms with Crippen LogP contribution in [0.5, 0.6) is 11.5 Å². The van der Waals surface area contributed by atoms with Crippen LogP contribution in [0.3, 0.4) is 0 Å². The Morgan fingerprint density at radius 1 is 1.03 bits per heavy atom. The number of nitro benzene ring substituents is 1. The highest BCUT2D eigenvalue weighted by Crippen LogP contribution is 2.34. The number of ether oxygens (including phenoxy) is 2. The first-order valence-electron chi connectivity index (χ1n) is 8.81. The zero-order chi connectivity index (χ0) is 21.1. The van der Waals surface area contributed by atoms with Gasteiger partial charge in [-0.3, -0.25) is 35.7 Å². The van der Waals surface area contributed by atoms with E-state index in [0.717, 1.165) is 6.07 Å². The van der Waals surface area contributed by atoms with Crippen molar-refractivity contribution < 1.29 is 24.0 Å². The van der Waals surface area contributed by atoms with Crippen LogP contribution in [-0.4, -0.2) is 40.1 Å². The van der Waals surface area contributed by atoms with Gasteiger partial charge in [0.25, 0.3) is 17.5 Å². The molecule has 0 saturated heterocycles. The molecule has 0 unspecified atom stereocenters. The molecule has 30 heavy (non-hydrogen) atoms. The lowest BCUT2D eigenvalue weighted by molar-refractivity contribution is -0.384. The van der Waals surface area contributed by atoms with Gasteiger partial charge in [-0.2, -0.15) is 5.10 Å². The molecule has 0 spiro atoms. The second-order valence-corrected chi connectivity index (χ2v) is 6.23. The first kappa shape index (κ1) is 18.9. The summed E-state index contributed by atoms with van der Waals surface area (Å²) in [7, 11) is 0. The van der Waals surface area contributed by atoms with Crippen LogP contribution in [0.2, 0.25) is 0 Å². The van der Waals surface area contributed by atoms with E-state index in [1.54, 1.807) is 18.2 Å². The molecular weight excluding hydrogens is 394 g/mol. The highest BCUT2D eigenvalue weighted by atomic mass is 16.6. The summed E-state index contributed by atoms with van der Waals surface area (Å²) in [4.78, 5) is 35.0. The van der Waals surface area contributed by atoms with Crippen LogP contribution in [0.25, 0.3) is 11.3 Å². The van der Waals surface area contributed by atoms with E-state index in [1.807, 2.05) is 0 Å². The molecule has 2 aromatic carbocycles. The molecule has 11 nitrogen and oxygen atoms in total. The molecule has 0 aliphatic carbocycles. The number of amides is 2. The predicted molar refractivity (Wildman–Crippen MR) is 103 cm³/mol. The third-order valence-corrected chi connectivity index (χ3v) is 4.32. The van der Waals surface area contributed by atoms with E-state index in [4.69, 9.17) is 9.47 Å². The Morgan fingerprint density at radius 2 is 1.80 bits per heavy atom. The Bertz CT molecular complexity index is 1140. The molecule has 3 N–H and O–H groups in total. The molecule has 1 aromatic heterocycles. The van der Waals surface area contributed by atoms with Crippen molar-refractivity contribution in [1.29, 1.82) is 0 Å². The van der Waals surface area contributed by atoms with Gasteiger partial charge in [0.15, 0.2) is 11.5 Å². The zero-order valence-electron chi connectivity index (χ0n) is 15.4. The Balaban J connectivity index is 1.48. The molecule has 0 saturated carbocycles. The molecule has 1 aliphatic rings. The number of nitrogens with zero attached hydrogens (tertiary/aromatic N) is 2. The Labute approximate surface area is 169 Å². The van der Waals surface area contributed by atoms with Crippen LogP contribution >= 0.6 is 0 Å². The second-order valence-electron chi connectivity index (χ2n) is 6.23. The van der Waals surface area contributed by atoms with E-state index in [-0.39, 0.29) is 16.8 Å². The zero-order valence-corrected chi connectivity index (χ0v) is 15.4. The number of carbonyl (C=O) groups excluding carboxylic acids is 2. The second kappa shape index (κ2) is 7.91. The van der Waals surface area contributed by atoms with E-state index in [0.29, 0.717) is 36.0 Å². The molecule has 0 fully saturated rings. The topological polar surface area (TPSA) is 148 Å². The number of aromatic amines is 1. The normalized spacial score (nSPS) is 12.1. The van der Waals surface area contributed by atoms with Crippen LogP contribution in [0.4, 0.5) is 5.69 Å². The predicted octanol–water partition coefficient (Wildman–Crippen LogP) is 1.83. The summed E-state index contributed by atoms with van der Waals surface area (Å²) in [6.07, 6.45) is 1.32.